The molecule has 1 aliphatic heterocycles. The summed E-state index contributed by atoms with van der Waals surface area (Å²) in [5.74, 6) is 0. The van der Waals surface area contributed by atoms with Crippen LogP contribution in [-0.4, -0.2) is 61.7 Å². The van der Waals surface area contributed by atoms with E-state index in [1.54, 1.807) is 0 Å². The Morgan fingerprint density at radius 2 is 2.00 bits per heavy atom. The SMILES string of the molecule is CC(C)NCC(C)N1CCCC1CN(C)C. The van der Waals surface area contributed by atoms with E-state index < -0.39 is 0 Å². The van der Waals surface area contributed by atoms with Gasteiger partial charge in [-0.2, -0.15) is 0 Å². The van der Waals surface area contributed by atoms with Crippen molar-refractivity contribution in [3.8, 4) is 0 Å². The lowest BCUT2D eigenvalue weighted by atomic mass is 10.2. The molecular weight excluding hydrogens is 198 g/mol. The molecule has 96 valence electrons. The van der Waals surface area contributed by atoms with E-state index in [0.29, 0.717) is 12.1 Å². The Labute approximate surface area is 101 Å². The van der Waals surface area contributed by atoms with Gasteiger partial charge in [-0.25, -0.2) is 0 Å². The minimum Gasteiger partial charge on any atom is -0.313 e. The number of likely N-dealkylation sites (tertiary alicyclic amines) is 1. The van der Waals surface area contributed by atoms with Gasteiger partial charge < -0.3 is 10.2 Å². The fourth-order valence-corrected chi connectivity index (χ4v) is 2.58. The first-order valence-corrected chi connectivity index (χ1v) is 6.64. The second-order valence-corrected chi connectivity index (χ2v) is 5.71. The summed E-state index contributed by atoms with van der Waals surface area (Å²) < 4.78 is 0. The number of hydrogen-bond donors (Lipinski definition) is 1. The lowest BCUT2D eigenvalue weighted by Crippen LogP contribution is -2.47. The highest BCUT2D eigenvalue weighted by molar-refractivity contribution is 4.85. The summed E-state index contributed by atoms with van der Waals surface area (Å²) in [5.41, 5.74) is 0. The van der Waals surface area contributed by atoms with Crippen LogP contribution in [0, 0.1) is 0 Å². The number of rotatable bonds is 6. The Bertz CT molecular complexity index is 192. The van der Waals surface area contributed by atoms with Crippen LogP contribution in [0.15, 0.2) is 0 Å². The normalized spacial score (nSPS) is 24.6. The number of nitrogens with one attached hydrogen (secondary N) is 1. The minimum atomic E-state index is 0.595. The van der Waals surface area contributed by atoms with Crippen LogP contribution < -0.4 is 5.32 Å². The first-order chi connectivity index (χ1) is 7.50. The van der Waals surface area contributed by atoms with E-state index in [1.807, 2.05) is 0 Å². The molecule has 1 aliphatic rings. The summed E-state index contributed by atoms with van der Waals surface area (Å²) >= 11 is 0. The van der Waals surface area contributed by atoms with Crippen molar-refractivity contribution in [3.63, 3.8) is 0 Å². The maximum absolute atomic E-state index is 3.54. The van der Waals surface area contributed by atoms with Gasteiger partial charge in [0.05, 0.1) is 0 Å². The molecule has 2 atom stereocenters. The van der Waals surface area contributed by atoms with Gasteiger partial charge in [-0.3, -0.25) is 4.90 Å². The summed E-state index contributed by atoms with van der Waals surface area (Å²) in [4.78, 5) is 4.99. The predicted octanol–water partition coefficient (Wildman–Crippen LogP) is 1.40. The van der Waals surface area contributed by atoms with Gasteiger partial charge >= 0.3 is 0 Å². The maximum atomic E-state index is 3.54. The smallest absolute Gasteiger partial charge is 0.0226 e. The molecule has 3 heteroatoms. The number of hydrogen-bond acceptors (Lipinski definition) is 3. The van der Waals surface area contributed by atoms with Crippen molar-refractivity contribution in [2.45, 2.75) is 51.7 Å². The van der Waals surface area contributed by atoms with Gasteiger partial charge in [-0.05, 0) is 40.4 Å². The van der Waals surface area contributed by atoms with Gasteiger partial charge in [0.2, 0.25) is 0 Å². The monoisotopic (exact) mass is 227 g/mol. The van der Waals surface area contributed by atoms with Gasteiger partial charge in [0.15, 0.2) is 0 Å². The molecule has 2 unspecified atom stereocenters. The third-order valence-corrected chi connectivity index (χ3v) is 3.39. The molecule has 1 N–H and O–H groups in total. The van der Waals surface area contributed by atoms with E-state index in [9.17, 15) is 0 Å². The largest absolute Gasteiger partial charge is 0.313 e. The molecule has 1 saturated heterocycles. The topological polar surface area (TPSA) is 18.5 Å². The van der Waals surface area contributed by atoms with E-state index >= 15 is 0 Å². The second-order valence-electron chi connectivity index (χ2n) is 5.71. The molecule has 0 aromatic rings. The Kier molecular flexibility index (Phi) is 5.73. The third kappa shape index (κ3) is 4.40. The molecule has 0 radical (unpaired) electrons. The lowest BCUT2D eigenvalue weighted by Gasteiger charge is -2.32. The molecule has 1 fully saturated rings. The fraction of sp³-hybridized carbons (Fsp3) is 1.00. The quantitative estimate of drug-likeness (QED) is 0.740. The van der Waals surface area contributed by atoms with Gasteiger partial charge in [-0.1, -0.05) is 13.8 Å². The van der Waals surface area contributed by atoms with Crippen LogP contribution in [0.5, 0.6) is 0 Å². The first kappa shape index (κ1) is 13.9. The first-order valence-electron chi connectivity index (χ1n) is 6.64. The summed E-state index contributed by atoms with van der Waals surface area (Å²) in [6.45, 7) is 10.4. The highest BCUT2D eigenvalue weighted by Gasteiger charge is 2.28. The third-order valence-electron chi connectivity index (χ3n) is 3.39. The molecular formula is C13H29N3. The van der Waals surface area contributed by atoms with Crippen LogP contribution in [0.4, 0.5) is 0 Å². The predicted molar refractivity (Wildman–Crippen MR) is 70.9 cm³/mol. The van der Waals surface area contributed by atoms with Crippen molar-refractivity contribution in [2.24, 2.45) is 0 Å². The van der Waals surface area contributed by atoms with Crippen molar-refractivity contribution in [1.82, 2.24) is 15.1 Å². The zero-order valence-corrected chi connectivity index (χ0v) is 11.7. The van der Waals surface area contributed by atoms with Crippen molar-refractivity contribution in [1.29, 1.82) is 0 Å². The number of nitrogens with zero attached hydrogens (tertiary/aromatic N) is 2. The van der Waals surface area contributed by atoms with Gasteiger partial charge in [-0.15, -0.1) is 0 Å². The Hall–Kier alpha value is -0.120. The fourth-order valence-electron chi connectivity index (χ4n) is 2.58. The van der Waals surface area contributed by atoms with Crippen LogP contribution >= 0.6 is 0 Å². The van der Waals surface area contributed by atoms with Crippen molar-refractivity contribution < 1.29 is 0 Å². The van der Waals surface area contributed by atoms with Crippen molar-refractivity contribution in [3.05, 3.63) is 0 Å². The molecule has 0 aromatic heterocycles. The molecule has 0 bridgehead atoms. The summed E-state index contributed by atoms with van der Waals surface area (Å²) in [6.07, 6.45) is 2.73. The molecule has 0 aliphatic carbocycles. The van der Waals surface area contributed by atoms with Gasteiger partial charge in [0.25, 0.3) is 0 Å². The molecule has 0 aromatic carbocycles. The van der Waals surface area contributed by atoms with Gasteiger partial charge in [0, 0.05) is 31.2 Å². The van der Waals surface area contributed by atoms with E-state index in [1.165, 1.54) is 25.9 Å². The summed E-state index contributed by atoms with van der Waals surface area (Å²) in [5, 5.41) is 3.54. The molecule has 0 saturated carbocycles. The molecule has 16 heavy (non-hydrogen) atoms. The zero-order valence-electron chi connectivity index (χ0n) is 11.7. The van der Waals surface area contributed by atoms with E-state index in [4.69, 9.17) is 0 Å². The highest BCUT2D eigenvalue weighted by Crippen LogP contribution is 2.20. The van der Waals surface area contributed by atoms with E-state index in [0.717, 1.165) is 12.6 Å². The molecule has 1 rings (SSSR count). The van der Waals surface area contributed by atoms with Crippen LogP contribution in [0.1, 0.15) is 33.6 Å². The Balaban J connectivity index is 2.37. The average molecular weight is 227 g/mol. The average Bonchev–Trinajstić information content (AvgIpc) is 2.61. The van der Waals surface area contributed by atoms with Crippen molar-refractivity contribution >= 4 is 0 Å². The Morgan fingerprint density at radius 1 is 1.31 bits per heavy atom. The maximum Gasteiger partial charge on any atom is 0.0226 e. The van der Waals surface area contributed by atoms with Crippen LogP contribution in [0.2, 0.25) is 0 Å². The van der Waals surface area contributed by atoms with Gasteiger partial charge in [0.1, 0.15) is 0 Å². The van der Waals surface area contributed by atoms with E-state index in [-0.39, 0.29) is 0 Å². The van der Waals surface area contributed by atoms with Crippen molar-refractivity contribution in [2.75, 3.05) is 33.7 Å². The minimum absolute atomic E-state index is 0.595. The lowest BCUT2D eigenvalue weighted by molar-refractivity contribution is 0.157. The standard InChI is InChI=1S/C13H29N3/c1-11(2)14-9-12(3)16-8-6-7-13(16)10-15(4)5/h11-14H,6-10H2,1-5H3. The number of likely N-dealkylation sites (N-methyl/N-ethyl adjacent to an activating group) is 1. The highest BCUT2D eigenvalue weighted by atomic mass is 15.2. The van der Waals surface area contributed by atoms with Crippen LogP contribution in [0.3, 0.4) is 0 Å². The molecule has 0 spiro atoms. The van der Waals surface area contributed by atoms with E-state index in [2.05, 4.69) is 50.0 Å². The summed E-state index contributed by atoms with van der Waals surface area (Å²) in [7, 11) is 4.35. The molecule has 1 heterocycles. The summed E-state index contributed by atoms with van der Waals surface area (Å²) in [6, 6.07) is 2.02. The zero-order chi connectivity index (χ0) is 12.1. The second kappa shape index (κ2) is 6.58. The van der Waals surface area contributed by atoms with Crippen LogP contribution in [-0.2, 0) is 0 Å². The molecule has 0 amide bonds. The Morgan fingerprint density at radius 3 is 2.56 bits per heavy atom. The molecule has 3 nitrogen and oxygen atoms in total. The van der Waals surface area contributed by atoms with Crippen LogP contribution in [0.25, 0.3) is 0 Å².